The van der Waals surface area contributed by atoms with Gasteiger partial charge in [0.05, 0.1) is 5.92 Å². The van der Waals surface area contributed by atoms with Crippen molar-refractivity contribution in [3.05, 3.63) is 24.3 Å². The molecule has 1 aliphatic carbocycles. The van der Waals surface area contributed by atoms with E-state index in [9.17, 15) is 4.79 Å². The highest BCUT2D eigenvalue weighted by Gasteiger charge is 2.19. The molecule has 0 heterocycles. The monoisotopic (exact) mass is 179 g/mol. The molecule has 0 radical (unpaired) electrons. The molecule has 1 atom stereocenters. The van der Waals surface area contributed by atoms with Crippen molar-refractivity contribution in [3.63, 3.8) is 0 Å². The third-order valence-corrected chi connectivity index (χ3v) is 2.52. The zero-order chi connectivity index (χ0) is 9.68. The Hall–Kier alpha value is -1.05. The van der Waals surface area contributed by atoms with Crippen LogP contribution in [0.3, 0.4) is 0 Å². The van der Waals surface area contributed by atoms with Crippen molar-refractivity contribution < 1.29 is 4.79 Å². The number of nitrogens with two attached hydrogens (primary N) is 1. The van der Waals surface area contributed by atoms with E-state index in [4.69, 9.17) is 5.73 Å². The summed E-state index contributed by atoms with van der Waals surface area (Å²) in [7, 11) is 0. The maximum absolute atomic E-state index is 11.1. The summed E-state index contributed by atoms with van der Waals surface area (Å²) in [6.07, 6.45) is 9.17. The highest BCUT2D eigenvalue weighted by molar-refractivity contribution is 5.79. The van der Waals surface area contributed by atoms with Crippen molar-refractivity contribution in [1.82, 2.24) is 0 Å². The summed E-state index contributed by atoms with van der Waals surface area (Å²) in [4.78, 5) is 11.1. The van der Waals surface area contributed by atoms with Crippen LogP contribution < -0.4 is 5.73 Å². The number of hydrogen-bond acceptors (Lipinski definition) is 1. The Morgan fingerprint density at radius 1 is 1.69 bits per heavy atom. The van der Waals surface area contributed by atoms with E-state index in [1.165, 1.54) is 18.4 Å². The third-order valence-electron chi connectivity index (χ3n) is 2.52. The van der Waals surface area contributed by atoms with Crippen LogP contribution >= 0.6 is 0 Å². The molecule has 2 nitrogen and oxygen atoms in total. The summed E-state index contributed by atoms with van der Waals surface area (Å²) in [6.45, 7) is 3.64. The van der Waals surface area contributed by atoms with E-state index in [1.807, 2.05) is 0 Å². The summed E-state index contributed by atoms with van der Waals surface area (Å²) in [5, 5.41) is 0. The molecule has 1 aliphatic rings. The van der Waals surface area contributed by atoms with Gasteiger partial charge in [-0.15, -0.1) is 6.58 Å². The van der Waals surface area contributed by atoms with E-state index < -0.39 is 0 Å². The summed E-state index contributed by atoms with van der Waals surface area (Å²) < 4.78 is 0. The highest BCUT2D eigenvalue weighted by Crippen LogP contribution is 2.26. The molecule has 0 fully saturated rings. The number of carbonyl (C=O) groups excluding carboxylic acids is 1. The molecule has 2 N–H and O–H groups in total. The van der Waals surface area contributed by atoms with Crippen LogP contribution in [0.1, 0.15) is 32.1 Å². The topological polar surface area (TPSA) is 43.1 Å². The van der Waals surface area contributed by atoms with Gasteiger partial charge in [-0.05, 0) is 32.1 Å². The third kappa shape index (κ3) is 2.72. The first-order valence-electron chi connectivity index (χ1n) is 4.85. The summed E-state index contributed by atoms with van der Waals surface area (Å²) in [5.74, 6) is -0.314. The van der Waals surface area contributed by atoms with Gasteiger partial charge in [-0.25, -0.2) is 0 Å². The fourth-order valence-electron chi connectivity index (χ4n) is 1.80. The molecule has 0 aliphatic heterocycles. The largest absolute Gasteiger partial charge is 0.369 e. The van der Waals surface area contributed by atoms with Crippen LogP contribution in [0.25, 0.3) is 0 Å². The second-order valence-electron chi connectivity index (χ2n) is 3.50. The van der Waals surface area contributed by atoms with Gasteiger partial charge in [-0.1, -0.05) is 17.7 Å². The fraction of sp³-hybridized carbons (Fsp3) is 0.545. The van der Waals surface area contributed by atoms with E-state index in [2.05, 4.69) is 12.7 Å². The molecule has 0 saturated heterocycles. The van der Waals surface area contributed by atoms with E-state index in [0.29, 0.717) is 6.42 Å². The minimum atomic E-state index is -0.215. The van der Waals surface area contributed by atoms with Gasteiger partial charge in [0.2, 0.25) is 5.91 Å². The molecule has 0 aromatic rings. The average Bonchev–Trinajstić information content (AvgIpc) is 2.15. The molecule has 13 heavy (non-hydrogen) atoms. The highest BCUT2D eigenvalue weighted by atomic mass is 16.1. The van der Waals surface area contributed by atoms with Crippen LogP contribution in [-0.4, -0.2) is 5.91 Å². The van der Waals surface area contributed by atoms with Crippen molar-refractivity contribution in [2.45, 2.75) is 32.1 Å². The van der Waals surface area contributed by atoms with Crippen molar-refractivity contribution >= 4 is 5.91 Å². The Kier molecular flexibility index (Phi) is 3.74. The lowest BCUT2D eigenvalue weighted by Crippen LogP contribution is -2.25. The predicted octanol–water partition coefficient (Wildman–Crippen LogP) is 2.16. The van der Waals surface area contributed by atoms with Crippen LogP contribution in [0.15, 0.2) is 24.3 Å². The molecular weight excluding hydrogens is 162 g/mol. The van der Waals surface area contributed by atoms with Gasteiger partial charge in [0.1, 0.15) is 0 Å². The van der Waals surface area contributed by atoms with Crippen LogP contribution in [0.5, 0.6) is 0 Å². The Balaban J connectivity index is 2.67. The van der Waals surface area contributed by atoms with Crippen LogP contribution in [0.2, 0.25) is 0 Å². The molecular formula is C11H17NO. The molecule has 0 aromatic carbocycles. The van der Waals surface area contributed by atoms with E-state index in [-0.39, 0.29) is 11.8 Å². The standard InChI is InChI=1S/C11H17NO/c1-2-6-10(11(12)13)9-7-4-3-5-8-9/h2,7,10H,1,3-6,8H2,(H2,12,13). The molecule has 0 bridgehead atoms. The molecule has 0 saturated carbocycles. The number of hydrogen-bond donors (Lipinski definition) is 1. The zero-order valence-corrected chi connectivity index (χ0v) is 7.96. The van der Waals surface area contributed by atoms with Gasteiger partial charge in [0.15, 0.2) is 0 Å². The fourth-order valence-corrected chi connectivity index (χ4v) is 1.80. The van der Waals surface area contributed by atoms with E-state index in [0.717, 1.165) is 12.8 Å². The van der Waals surface area contributed by atoms with Crippen molar-refractivity contribution in [2.75, 3.05) is 0 Å². The molecule has 1 unspecified atom stereocenters. The Labute approximate surface area is 79.5 Å². The van der Waals surface area contributed by atoms with E-state index in [1.54, 1.807) is 6.08 Å². The van der Waals surface area contributed by atoms with Gasteiger partial charge >= 0.3 is 0 Å². The minimum absolute atomic E-state index is 0.0993. The maximum atomic E-state index is 11.1. The van der Waals surface area contributed by atoms with Crippen LogP contribution in [0, 0.1) is 5.92 Å². The first-order chi connectivity index (χ1) is 6.25. The summed E-state index contributed by atoms with van der Waals surface area (Å²) >= 11 is 0. The Bertz CT molecular complexity index is 230. The number of amides is 1. The van der Waals surface area contributed by atoms with Crippen molar-refractivity contribution in [2.24, 2.45) is 11.7 Å². The van der Waals surface area contributed by atoms with Crippen LogP contribution in [-0.2, 0) is 4.79 Å². The first kappa shape index (κ1) is 10.0. The maximum Gasteiger partial charge on any atom is 0.224 e. The SMILES string of the molecule is C=CCC(C(N)=O)C1=CCCCC1. The molecule has 0 spiro atoms. The van der Waals surface area contributed by atoms with Gasteiger partial charge < -0.3 is 5.73 Å². The Morgan fingerprint density at radius 3 is 2.92 bits per heavy atom. The van der Waals surface area contributed by atoms with Gasteiger partial charge in [0.25, 0.3) is 0 Å². The zero-order valence-electron chi connectivity index (χ0n) is 7.96. The van der Waals surface area contributed by atoms with Crippen molar-refractivity contribution in [3.8, 4) is 0 Å². The average molecular weight is 179 g/mol. The van der Waals surface area contributed by atoms with Gasteiger partial charge in [-0.2, -0.15) is 0 Å². The predicted molar refractivity (Wildman–Crippen MR) is 54.0 cm³/mol. The molecule has 1 rings (SSSR count). The normalized spacial score (nSPS) is 18.9. The second-order valence-corrected chi connectivity index (χ2v) is 3.50. The lowest BCUT2D eigenvalue weighted by atomic mass is 9.87. The van der Waals surface area contributed by atoms with Crippen molar-refractivity contribution in [1.29, 1.82) is 0 Å². The first-order valence-corrected chi connectivity index (χ1v) is 4.85. The second kappa shape index (κ2) is 4.85. The molecule has 2 heteroatoms. The lowest BCUT2D eigenvalue weighted by Gasteiger charge is -2.19. The smallest absolute Gasteiger partial charge is 0.224 e. The summed E-state index contributed by atoms with van der Waals surface area (Å²) in [5.41, 5.74) is 6.55. The summed E-state index contributed by atoms with van der Waals surface area (Å²) in [6, 6.07) is 0. The number of primary amides is 1. The minimum Gasteiger partial charge on any atom is -0.369 e. The van der Waals surface area contributed by atoms with Gasteiger partial charge in [0, 0.05) is 0 Å². The van der Waals surface area contributed by atoms with Gasteiger partial charge in [-0.3, -0.25) is 4.79 Å². The lowest BCUT2D eigenvalue weighted by molar-refractivity contribution is -0.120. The molecule has 0 aromatic heterocycles. The number of allylic oxidation sites excluding steroid dienone is 2. The quantitative estimate of drug-likeness (QED) is 0.660. The molecule has 1 amide bonds. The number of carbonyl (C=O) groups is 1. The van der Waals surface area contributed by atoms with Crippen LogP contribution in [0.4, 0.5) is 0 Å². The number of rotatable bonds is 4. The molecule has 72 valence electrons. The van der Waals surface area contributed by atoms with E-state index >= 15 is 0 Å². The Morgan fingerprint density at radius 2 is 2.46 bits per heavy atom.